The molecule has 2 rings (SSSR count). The molecule has 0 radical (unpaired) electrons. The molecule has 17 heavy (non-hydrogen) atoms. The van der Waals surface area contributed by atoms with Gasteiger partial charge in [-0.3, -0.25) is 5.41 Å². The van der Waals surface area contributed by atoms with E-state index in [1.165, 1.54) is 11.4 Å². The summed E-state index contributed by atoms with van der Waals surface area (Å²) in [6, 6.07) is 6.01. The van der Waals surface area contributed by atoms with E-state index in [0.717, 1.165) is 23.1 Å². The third-order valence-corrected chi connectivity index (χ3v) is 4.64. The van der Waals surface area contributed by atoms with Crippen molar-refractivity contribution in [3.63, 3.8) is 0 Å². The van der Waals surface area contributed by atoms with Gasteiger partial charge in [0.25, 0.3) is 0 Å². The molecular formula is C12H16BrN3S. The highest BCUT2D eigenvalue weighted by Crippen LogP contribution is 2.27. The van der Waals surface area contributed by atoms with E-state index in [4.69, 9.17) is 11.1 Å². The number of nitrogens with two attached hydrogens (primary N) is 1. The summed E-state index contributed by atoms with van der Waals surface area (Å²) in [5.74, 6) is 1.28. The molecule has 0 bridgehead atoms. The van der Waals surface area contributed by atoms with Gasteiger partial charge in [-0.25, -0.2) is 0 Å². The second-order valence-corrected chi connectivity index (χ2v) is 6.61. The normalized spacial score (nSPS) is 20.4. The maximum atomic E-state index is 7.45. The lowest BCUT2D eigenvalue weighted by Crippen LogP contribution is -2.36. The Morgan fingerprint density at radius 3 is 2.94 bits per heavy atom. The minimum absolute atomic E-state index is 0.103. The van der Waals surface area contributed by atoms with Crippen LogP contribution in [0.1, 0.15) is 12.5 Å². The summed E-state index contributed by atoms with van der Waals surface area (Å²) in [4.78, 5) is 2.38. The quantitative estimate of drug-likeness (QED) is 0.652. The highest BCUT2D eigenvalue weighted by atomic mass is 79.9. The summed E-state index contributed by atoms with van der Waals surface area (Å²) in [5.41, 5.74) is 7.46. The van der Waals surface area contributed by atoms with E-state index in [9.17, 15) is 0 Å². The summed E-state index contributed by atoms with van der Waals surface area (Å²) in [6.45, 7) is 4.42. The van der Waals surface area contributed by atoms with Crippen molar-refractivity contribution in [2.75, 3.05) is 23.7 Å². The zero-order valence-electron chi connectivity index (χ0n) is 9.74. The summed E-state index contributed by atoms with van der Waals surface area (Å²) in [6.07, 6.45) is 0. The van der Waals surface area contributed by atoms with E-state index < -0.39 is 0 Å². The fraction of sp³-hybridized carbons (Fsp3) is 0.417. The third-order valence-electron chi connectivity index (χ3n) is 2.85. The van der Waals surface area contributed by atoms with Gasteiger partial charge in [-0.15, -0.1) is 0 Å². The maximum Gasteiger partial charge on any atom is 0.123 e. The van der Waals surface area contributed by atoms with Crippen LogP contribution in [0.3, 0.4) is 0 Å². The molecule has 1 saturated heterocycles. The fourth-order valence-corrected chi connectivity index (χ4v) is 3.57. The Labute approximate surface area is 114 Å². The molecule has 1 heterocycles. The first kappa shape index (κ1) is 12.8. The van der Waals surface area contributed by atoms with Gasteiger partial charge in [-0.05, 0) is 34.1 Å². The number of benzene rings is 1. The molecule has 0 aliphatic carbocycles. The van der Waals surface area contributed by atoms with Gasteiger partial charge in [-0.1, -0.05) is 6.92 Å². The molecule has 1 atom stereocenters. The van der Waals surface area contributed by atoms with E-state index in [1.54, 1.807) is 0 Å². The standard InChI is InChI=1S/C12H16BrN3S/c1-8-7-16(4-5-17-8)9-2-3-10(12(14)15)11(13)6-9/h2-3,6,8H,4-5,7H2,1H3,(H3,14,15). The second-order valence-electron chi connectivity index (χ2n) is 4.21. The number of halogens is 1. The number of anilines is 1. The molecule has 1 aliphatic heterocycles. The van der Waals surface area contributed by atoms with Crippen LogP contribution >= 0.6 is 27.7 Å². The van der Waals surface area contributed by atoms with Crippen molar-refractivity contribution in [1.29, 1.82) is 5.41 Å². The first-order valence-corrected chi connectivity index (χ1v) is 7.42. The number of nitrogens with one attached hydrogen (secondary N) is 1. The van der Waals surface area contributed by atoms with Crippen molar-refractivity contribution in [1.82, 2.24) is 0 Å². The number of nitrogen functional groups attached to an aromatic ring is 1. The van der Waals surface area contributed by atoms with Crippen molar-refractivity contribution in [3.8, 4) is 0 Å². The van der Waals surface area contributed by atoms with Gasteiger partial charge < -0.3 is 10.6 Å². The van der Waals surface area contributed by atoms with E-state index in [2.05, 4.69) is 33.8 Å². The summed E-state index contributed by atoms with van der Waals surface area (Å²) >= 11 is 5.50. The number of hydrogen-bond donors (Lipinski definition) is 2. The van der Waals surface area contributed by atoms with Crippen molar-refractivity contribution in [3.05, 3.63) is 28.2 Å². The lowest BCUT2D eigenvalue weighted by atomic mass is 10.1. The van der Waals surface area contributed by atoms with Crippen LogP contribution in [0.25, 0.3) is 0 Å². The molecule has 5 heteroatoms. The van der Waals surface area contributed by atoms with Gasteiger partial charge in [0.1, 0.15) is 5.84 Å². The monoisotopic (exact) mass is 313 g/mol. The van der Waals surface area contributed by atoms with E-state index in [-0.39, 0.29) is 5.84 Å². The van der Waals surface area contributed by atoms with Crippen LogP contribution in [0.5, 0.6) is 0 Å². The minimum atomic E-state index is 0.103. The topological polar surface area (TPSA) is 53.1 Å². The van der Waals surface area contributed by atoms with Gasteiger partial charge in [-0.2, -0.15) is 11.8 Å². The van der Waals surface area contributed by atoms with Crippen LogP contribution < -0.4 is 10.6 Å². The molecule has 0 aromatic heterocycles. The van der Waals surface area contributed by atoms with Crippen LogP contribution in [0, 0.1) is 5.41 Å². The Kier molecular flexibility index (Phi) is 3.99. The van der Waals surface area contributed by atoms with Crippen molar-refractivity contribution >= 4 is 39.2 Å². The molecule has 1 aliphatic rings. The van der Waals surface area contributed by atoms with Crippen LogP contribution in [-0.4, -0.2) is 29.9 Å². The zero-order valence-corrected chi connectivity index (χ0v) is 12.1. The van der Waals surface area contributed by atoms with Crippen molar-refractivity contribution < 1.29 is 0 Å². The Bertz CT molecular complexity index is 436. The molecule has 1 unspecified atom stereocenters. The van der Waals surface area contributed by atoms with Crippen molar-refractivity contribution in [2.24, 2.45) is 5.73 Å². The van der Waals surface area contributed by atoms with Crippen LogP contribution in [-0.2, 0) is 0 Å². The molecule has 0 saturated carbocycles. The first-order valence-electron chi connectivity index (χ1n) is 5.58. The summed E-state index contributed by atoms with van der Waals surface area (Å²) in [7, 11) is 0. The number of hydrogen-bond acceptors (Lipinski definition) is 3. The smallest absolute Gasteiger partial charge is 0.123 e. The number of rotatable bonds is 2. The average molecular weight is 314 g/mol. The van der Waals surface area contributed by atoms with Crippen LogP contribution in [0.2, 0.25) is 0 Å². The van der Waals surface area contributed by atoms with Gasteiger partial charge in [0, 0.05) is 39.8 Å². The van der Waals surface area contributed by atoms with E-state index in [1.807, 2.05) is 23.9 Å². The van der Waals surface area contributed by atoms with E-state index >= 15 is 0 Å². The van der Waals surface area contributed by atoms with E-state index in [0.29, 0.717) is 5.25 Å². The van der Waals surface area contributed by atoms with Gasteiger partial charge in [0.15, 0.2) is 0 Å². The molecule has 1 fully saturated rings. The van der Waals surface area contributed by atoms with Crippen molar-refractivity contribution in [2.45, 2.75) is 12.2 Å². The second kappa shape index (κ2) is 5.31. The Morgan fingerprint density at radius 1 is 1.59 bits per heavy atom. The molecule has 3 nitrogen and oxygen atoms in total. The largest absolute Gasteiger partial charge is 0.384 e. The SMILES string of the molecule is CC1CN(c2ccc(C(=N)N)c(Br)c2)CCS1. The Balaban J connectivity index is 2.22. The number of thioether (sulfide) groups is 1. The lowest BCUT2D eigenvalue weighted by Gasteiger charge is -2.32. The molecule has 1 aromatic rings. The Morgan fingerprint density at radius 2 is 2.35 bits per heavy atom. The molecule has 1 aromatic carbocycles. The highest BCUT2D eigenvalue weighted by molar-refractivity contribution is 9.10. The summed E-state index contributed by atoms with van der Waals surface area (Å²) < 4.78 is 0.897. The number of amidine groups is 1. The predicted molar refractivity (Wildman–Crippen MR) is 79.3 cm³/mol. The van der Waals surface area contributed by atoms with Gasteiger partial charge in [0.2, 0.25) is 0 Å². The molecule has 0 amide bonds. The Hall–Kier alpha value is -0.680. The summed E-state index contributed by atoms with van der Waals surface area (Å²) in [5, 5.41) is 8.13. The molecular weight excluding hydrogens is 298 g/mol. The fourth-order valence-electron chi connectivity index (χ4n) is 1.97. The third kappa shape index (κ3) is 2.96. The molecule has 0 spiro atoms. The minimum Gasteiger partial charge on any atom is -0.384 e. The lowest BCUT2D eigenvalue weighted by molar-refractivity contribution is 0.783. The predicted octanol–water partition coefficient (Wildman–Crippen LogP) is 2.67. The van der Waals surface area contributed by atoms with Crippen LogP contribution in [0.15, 0.2) is 22.7 Å². The first-order chi connectivity index (χ1) is 8.08. The zero-order chi connectivity index (χ0) is 12.4. The van der Waals surface area contributed by atoms with Gasteiger partial charge in [0.05, 0.1) is 0 Å². The van der Waals surface area contributed by atoms with Gasteiger partial charge >= 0.3 is 0 Å². The number of nitrogens with zero attached hydrogens (tertiary/aromatic N) is 1. The van der Waals surface area contributed by atoms with Crippen LogP contribution in [0.4, 0.5) is 5.69 Å². The highest BCUT2D eigenvalue weighted by Gasteiger charge is 2.17. The molecule has 92 valence electrons. The maximum absolute atomic E-state index is 7.45. The molecule has 3 N–H and O–H groups in total. The average Bonchev–Trinajstić information content (AvgIpc) is 2.28.